The Morgan fingerprint density at radius 3 is 2.90 bits per heavy atom. The SMILES string of the molecule is CC(C)(CO)NC(=O)Nc1ccc2nc(C3CC3)oc2c1. The van der Waals surface area contributed by atoms with Gasteiger partial charge in [-0.25, -0.2) is 9.78 Å². The number of rotatable bonds is 4. The number of hydrogen-bond donors (Lipinski definition) is 3. The number of nitrogens with zero attached hydrogens (tertiary/aromatic N) is 1. The van der Waals surface area contributed by atoms with Crippen LogP contribution >= 0.6 is 0 Å². The maximum Gasteiger partial charge on any atom is 0.319 e. The summed E-state index contributed by atoms with van der Waals surface area (Å²) < 4.78 is 5.71. The topological polar surface area (TPSA) is 87.4 Å². The summed E-state index contributed by atoms with van der Waals surface area (Å²) in [5.74, 6) is 1.25. The number of carbonyl (C=O) groups is 1. The number of aliphatic hydroxyl groups excluding tert-OH is 1. The molecule has 21 heavy (non-hydrogen) atoms. The van der Waals surface area contributed by atoms with E-state index >= 15 is 0 Å². The third-order valence-corrected chi connectivity index (χ3v) is 3.44. The molecule has 1 fully saturated rings. The van der Waals surface area contributed by atoms with Gasteiger partial charge in [0.25, 0.3) is 0 Å². The quantitative estimate of drug-likeness (QED) is 0.807. The number of nitrogens with one attached hydrogen (secondary N) is 2. The molecule has 1 aliphatic carbocycles. The van der Waals surface area contributed by atoms with Gasteiger partial charge in [-0.1, -0.05) is 0 Å². The van der Waals surface area contributed by atoms with Gasteiger partial charge in [0.15, 0.2) is 11.5 Å². The Kier molecular flexibility index (Phi) is 3.33. The zero-order valence-electron chi connectivity index (χ0n) is 12.1. The van der Waals surface area contributed by atoms with Crippen LogP contribution in [0.25, 0.3) is 11.1 Å². The maximum atomic E-state index is 11.9. The van der Waals surface area contributed by atoms with Crippen molar-refractivity contribution in [3.63, 3.8) is 0 Å². The van der Waals surface area contributed by atoms with Gasteiger partial charge in [0, 0.05) is 17.7 Å². The van der Waals surface area contributed by atoms with Crippen LogP contribution in [0.2, 0.25) is 0 Å². The summed E-state index contributed by atoms with van der Waals surface area (Å²) in [6.07, 6.45) is 2.27. The van der Waals surface area contributed by atoms with Gasteiger partial charge in [-0.05, 0) is 38.8 Å². The van der Waals surface area contributed by atoms with Crippen molar-refractivity contribution < 1.29 is 14.3 Å². The van der Waals surface area contributed by atoms with Crippen molar-refractivity contribution in [3.8, 4) is 0 Å². The van der Waals surface area contributed by atoms with Gasteiger partial charge in [-0.15, -0.1) is 0 Å². The number of hydrogen-bond acceptors (Lipinski definition) is 4. The lowest BCUT2D eigenvalue weighted by Crippen LogP contribution is -2.48. The van der Waals surface area contributed by atoms with E-state index in [1.165, 1.54) is 0 Å². The van der Waals surface area contributed by atoms with Crippen LogP contribution in [0.5, 0.6) is 0 Å². The fourth-order valence-electron chi connectivity index (χ4n) is 2.03. The van der Waals surface area contributed by atoms with Crippen molar-refractivity contribution in [2.45, 2.75) is 38.1 Å². The van der Waals surface area contributed by atoms with Crippen LogP contribution in [-0.2, 0) is 0 Å². The van der Waals surface area contributed by atoms with Crippen LogP contribution in [0.1, 0.15) is 38.5 Å². The smallest absolute Gasteiger partial charge is 0.319 e. The van der Waals surface area contributed by atoms with E-state index in [4.69, 9.17) is 9.52 Å². The van der Waals surface area contributed by atoms with Gasteiger partial charge in [-0.3, -0.25) is 0 Å². The molecule has 112 valence electrons. The molecule has 1 heterocycles. The maximum absolute atomic E-state index is 11.9. The highest BCUT2D eigenvalue weighted by Gasteiger charge is 2.29. The number of anilines is 1. The second-order valence-corrected chi connectivity index (χ2v) is 6.13. The molecule has 3 N–H and O–H groups in total. The number of benzene rings is 1. The molecule has 6 nitrogen and oxygen atoms in total. The van der Waals surface area contributed by atoms with Gasteiger partial charge in [0.1, 0.15) is 5.52 Å². The molecule has 0 spiro atoms. The van der Waals surface area contributed by atoms with Crippen molar-refractivity contribution >= 4 is 22.8 Å². The molecule has 0 radical (unpaired) electrons. The van der Waals surface area contributed by atoms with Crippen molar-refractivity contribution in [1.29, 1.82) is 0 Å². The highest BCUT2D eigenvalue weighted by molar-refractivity contribution is 5.91. The molecule has 0 atom stereocenters. The Bertz CT molecular complexity index is 674. The first kappa shape index (κ1) is 13.9. The van der Waals surface area contributed by atoms with Crippen LogP contribution in [0.3, 0.4) is 0 Å². The summed E-state index contributed by atoms with van der Waals surface area (Å²) in [4.78, 5) is 16.3. The third kappa shape index (κ3) is 3.16. The number of amides is 2. The summed E-state index contributed by atoms with van der Waals surface area (Å²) in [6.45, 7) is 3.36. The van der Waals surface area contributed by atoms with E-state index < -0.39 is 5.54 Å². The molecule has 1 aromatic carbocycles. The second kappa shape index (κ2) is 5.04. The molecule has 1 saturated carbocycles. The first-order valence-corrected chi connectivity index (χ1v) is 7.07. The summed E-state index contributed by atoms with van der Waals surface area (Å²) >= 11 is 0. The molecule has 6 heteroatoms. The minimum atomic E-state index is -0.667. The zero-order chi connectivity index (χ0) is 15.0. The second-order valence-electron chi connectivity index (χ2n) is 6.13. The van der Waals surface area contributed by atoms with E-state index in [1.807, 2.05) is 6.07 Å². The van der Waals surface area contributed by atoms with Gasteiger partial charge >= 0.3 is 6.03 Å². The van der Waals surface area contributed by atoms with Gasteiger partial charge in [0.2, 0.25) is 0 Å². The third-order valence-electron chi connectivity index (χ3n) is 3.44. The number of fused-ring (bicyclic) bond motifs is 1. The van der Waals surface area contributed by atoms with Gasteiger partial charge in [-0.2, -0.15) is 0 Å². The largest absolute Gasteiger partial charge is 0.440 e. The molecular formula is C15H19N3O3. The summed E-state index contributed by atoms with van der Waals surface area (Å²) in [6, 6.07) is 5.01. The Morgan fingerprint density at radius 1 is 1.48 bits per heavy atom. The van der Waals surface area contributed by atoms with E-state index in [1.54, 1.807) is 26.0 Å². The van der Waals surface area contributed by atoms with E-state index in [-0.39, 0.29) is 12.6 Å². The molecule has 0 aliphatic heterocycles. The Morgan fingerprint density at radius 2 is 2.24 bits per heavy atom. The number of oxazole rings is 1. The molecule has 1 aliphatic rings. The van der Waals surface area contributed by atoms with E-state index in [0.29, 0.717) is 17.2 Å². The van der Waals surface area contributed by atoms with Crippen LogP contribution in [0.15, 0.2) is 22.6 Å². The standard InChI is InChI=1S/C15H19N3O3/c1-15(2,8-19)18-14(20)16-10-5-6-11-12(7-10)21-13(17-11)9-3-4-9/h5-7,9,19H,3-4,8H2,1-2H3,(H2,16,18,20). The van der Waals surface area contributed by atoms with Crippen molar-refractivity contribution in [3.05, 3.63) is 24.1 Å². The monoisotopic (exact) mass is 289 g/mol. The van der Waals surface area contributed by atoms with Crippen LogP contribution in [0, 0.1) is 0 Å². The number of aromatic nitrogens is 1. The molecule has 0 saturated heterocycles. The Balaban J connectivity index is 1.73. The fourth-order valence-corrected chi connectivity index (χ4v) is 2.03. The summed E-state index contributed by atoms with van der Waals surface area (Å²) in [7, 11) is 0. The summed E-state index contributed by atoms with van der Waals surface area (Å²) in [5, 5.41) is 14.6. The summed E-state index contributed by atoms with van der Waals surface area (Å²) in [5.41, 5.74) is 1.45. The van der Waals surface area contributed by atoms with Crippen molar-refractivity contribution in [2.75, 3.05) is 11.9 Å². The predicted molar refractivity (Wildman–Crippen MR) is 79.3 cm³/mol. The van der Waals surface area contributed by atoms with Crippen LogP contribution in [0.4, 0.5) is 10.5 Å². The first-order chi connectivity index (χ1) is 9.97. The highest BCUT2D eigenvalue weighted by atomic mass is 16.3. The van der Waals surface area contributed by atoms with Crippen molar-refractivity contribution in [1.82, 2.24) is 10.3 Å². The number of aliphatic hydroxyl groups is 1. The van der Waals surface area contributed by atoms with Gasteiger partial charge < -0.3 is 20.2 Å². The average Bonchev–Trinajstić information content (AvgIpc) is 3.18. The Labute approximate surface area is 122 Å². The Hall–Kier alpha value is -2.08. The number of carbonyl (C=O) groups excluding carboxylic acids is 1. The average molecular weight is 289 g/mol. The number of urea groups is 1. The molecule has 2 aromatic rings. The van der Waals surface area contributed by atoms with E-state index in [9.17, 15) is 4.79 Å². The van der Waals surface area contributed by atoms with Crippen LogP contribution < -0.4 is 10.6 Å². The molecule has 0 unspecified atom stereocenters. The predicted octanol–water partition coefficient (Wildman–Crippen LogP) is 2.60. The zero-order valence-corrected chi connectivity index (χ0v) is 12.1. The van der Waals surface area contributed by atoms with E-state index in [2.05, 4.69) is 15.6 Å². The lowest BCUT2D eigenvalue weighted by Gasteiger charge is -2.23. The minimum absolute atomic E-state index is 0.133. The molecule has 2 amide bonds. The van der Waals surface area contributed by atoms with Crippen molar-refractivity contribution in [2.24, 2.45) is 0 Å². The fraction of sp³-hybridized carbons (Fsp3) is 0.467. The highest BCUT2D eigenvalue weighted by Crippen LogP contribution is 2.40. The van der Waals surface area contributed by atoms with Crippen LogP contribution in [-0.4, -0.2) is 28.3 Å². The lowest BCUT2D eigenvalue weighted by atomic mass is 10.1. The van der Waals surface area contributed by atoms with E-state index in [0.717, 1.165) is 24.2 Å². The molecule has 0 bridgehead atoms. The lowest BCUT2D eigenvalue weighted by molar-refractivity contribution is 0.187. The van der Waals surface area contributed by atoms with Gasteiger partial charge in [0.05, 0.1) is 12.1 Å². The minimum Gasteiger partial charge on any atom is -0.440 e. The normalized spacial score (nSPS) is 15.2. The molecule has 1 aromatic heterocycles. The first-order valence-electron chi connectivity index (χ1n) is 7.07. The molecule has 3 rings (SSSR count). The molecular weight excluding hydrogens is 270 g/mol.